The van der Waals surface area contributed by atoms with Gasteiger partial charge in [-0.1, -0.05) is 18.2 Å². The van der Waals surface area contributed by atoms with Crippen molar-refractivity contribution in [1.82, 2.24) is 4.31 Å². The molecule has 0 saturated carbocycles. The summed E-state index contributed by atoms with van der Waals surface area (Å²) in [4.78, 5) is 16.0. The number of carbonyl (C=O) groups is 1. The molecule has 1 fully saturated rings. The number of fused-ring (bicyclic) bond motifs is 1. The molecular formula is C21H25FN3O3S+. The largest absolute Gasteiger partial charge is 0.325 e. The highest BCUT2D eigenvalue weighted by molar-refractivity contribution is 7.89. The molecule has 1 amide bonds. The molecule has 0 aromatic heterocycles. The zero-order valence-corrected chi connectivity index (χ0v) is 17.0. The molecule has 0 spiro atoms. The molecule has 2 aliphatic heterocycles. The number of hydrogen-bond donors (Lipinski definition) is 1. The van der Waals surface area contributed by atoms with Gasteiger partial charge in [-0.25, -0.2) is 12.8 Å². The molecule has 0 aliphatic carbocycles. The van der Waals surface area contributed by atoms with Crippen molar-refractivity contribution in [3.05, 3.63) is 59.9 Å². The summed E-state index contributed by atoms with van der Waals surface area (Å²) in [6.45, 7) is 2.92. The molecule has 8 heteroatoms. The van der Waals surface area contributed by atoms with Crippen molar-refractivity contribution < 1.29 is 22.5 Å². The van der Waals surface area contributed by atoms with Crippen LogP contribution in [0.1, 0.15) is 12.0 Å². The first-order chi connectivity index (χ1) is 13.9. The molecule has 4 rings (SSSR count). The highest BCUT2D eigenvalue weighted by atomic mass is 32.2. The summed E-state index contributed by atoms with van der Waals surface area (Å²) >= 11 is 0. The Hall–Kier alpha value is -2.29. The highest BCUT2D eigenvalue weighted by Gasteiger charge is 2.32. The second-order valence-corrected chi connectivity index (χ2v) is 9.50. The predicted octanol–water partition coefficient (Wildman–Crippen LogP) is 0.694. The first kappa shape index (κ1) is 20.0. The lowest BCUT2D eigenvalue weighted by Gasteiger charge is -2.34. The van der Waals surface area contributed by atoms with Gasteiger partial charge in [-0.3, -0.25) is 4.79 Å². The van der Waals surface area contributed by atoms with Crippen molar-refractivity contribution in [1.29, 1.82) is 0 Å². The van der Waals surface area contributed by atoms with Crippen molar-refractivity contribution in [3.63, 3.8) is 0 Å². The maximum absolute atomic E-state index is 13.1. The van der Waals surface area contributed by atoms with Crippen LogP contribution in [0.3, 0.4) is 0 Å². The molecule has 0 radical (unpaired) electrons. The lowest BCUT2D eigenvalue weighted by atomic mass is 10.0. The van der Waals surface area contributed by atoms with Crippen molar-refractivity contribution in [2.24, 2.45) is 0 Å². The minimum absolute atomic E-state index is 0.0852. The van der Waals surface area contributed by atoms with E-state index in [0.29, 0.717) is 32.7 Å². The van der Waals surface area contributed by atoms with Crippen LogP contribution in [0, 0.1) is 5.82 Å². The molecule has 0 unspecified atom stereocenters. The maximum Gasteiger partial charge on any atom is 0.282 e. The number of sulfonamides is 1. The van der Waals surface area contributed by atoms with Crippen molar-refractivity contribution in [2.45, 2.75) is 17.7 Å². The molecule has 6 nitrogen and oxygen atoms in total. The van der Waals surface area contributed by atoms with E-state index in [9.17, 15) is 17.6 Å². The normalized spacial score (nSPS) is 18.4. The van der Waals surface area contributed by atoms with Crippen LogP contribution < -0.4 is 9.80 Å². The zero-order valence-electron chi connectivity index (χ0n) is 16.2. The molecule has 2 aliphatic rings. The Kier molecular flexibility index (Phi) is 5.67. The number of para-hydroxylation sites is 1. The average Bonchev–Trinajstić information content (AvgIpc) is 2.74. The summed E-state index contributed by atoms with van der Waals surface area (Å²) in [5.74, 6) is -0.377. The monoisotopic (exact) mass is 418 g/mol. The maximum atomic E-state index is 13.1. The molecule has 29 heavy (non-hydrogen) atoms. The van der Waals surface area contributed by atoms with Crippen LogP contribution >= 0.6 is 0 Å². The van der Waals surface area contributed by atoms with Crippen LogP contribution in [0.15, 0.2) is 53.4 Å². The molecule has 1 N–H and O–H groups in total. The van der Waals surface area contributed by atoms with E-state index in [1.54, 1.807) is 0 Å². The fourth-order valence-corrected chi connectivity index (χ4v) is 5.52. The molecule has 1 saturated heterocycles. The van der Waals surface area contributed by atoms with E-state index in [4.69, 9.17) is 0 Å². The molecule has 0 bridgehead atoms. The number of piperazine rings is 1. The number of nitrogens with one attached hydrogen (secondary N) is 1. The standard InChI is InChI=1S/C21H24FN3O3S/c22-18-7-9-19(10-8-18)29(27,28)24-14-12-23(13-15-24)16-21(26)25-11-3-5-17-4-1-2-6-20(17)25/h1-2,4,6-10H,3,5,11-16H2/p+1. The van der Waals surface area contributed by atoms with Gasteiger partial charge < -0.3 is 9.80 Å². The van der Waals surface area contributed by atoms with E-state index in [1.807, 2.05) is 23.1 Å². The van der Waals surface area contributed by atoms with Crippen molar-refractivity contribution in [3.8, 4) is 0 Å². The second kappa shape index (κ2) is 8.22. The second-order valence-electron chi connectivity index (χ2n) is 7.56. The Morgan fingerprint density at radius 3 is 2.41 bits per heavy atom. The molecule has 154 valence electrons. The third kappa shape index (κ3) is 4.19. The number of amides is 1. The molecule has 2 aromatic rings. The summed E-state index contributed by atoms with van der Waals surface area (Å²) in [5, 5.41) is 0. The number of carbonyl (C=O) groups excluding carboxylic acids is 1. The molecule has 2 heterocycles. The van der Waals surface area contributed by atoms with Gasteiger partial charge in [-0.15, -0.1) is 0 Å². The van der Waals surface area contributed by atoms with Crippen LogP contribution in [0.5, 0.6) is 0 Å². The van der Waals surface area contributed by atoms with E-state index in [1.165, 1.54) is 22.0 Å². The summed E-state index contributed by atoms with van der Waals surface area (Å²) in [6, 6.07) is 12.9. The molecule has 0 atom stereocenters. The van der Waals surface area contributed by atoms with Gasteiger partial charge in [-0.2, -0.15) is 4.31 Å². The van der Waals surface area contributed by atoms with Crippen LogP contribution in [-0.4, -0.2) is 57.9 Å². The predicted molar refractivity (Wildman–Crippen MR) is 108 cm³/mol. The average molecular weight is 419 g/mol. The Balaban J connectivity index is 1.37. The van der Waals surface area contributed by atoms with Crippen LogP contribution in [-0.2, 0) is 21.2 Å². The third-order valence-corrected chi connectivity index (χ3v) is 7.61. The number of anilines is 1. The van der Waals surface area contributed by atoms with Crippen molar-refractivity contribution in [2.75, 3.05) is 44.2 Å². The van der Waals surface area contributed by atoms with Crippen molar-refractivity contribution >= 4 is 21.6 Å². The van der Waals surface area contributed by atoms with Crippen LogP contribution in [0.25, 0.3) is 0 Å². The van der Waals surface area contributed by atoms with E-state index < -0.39 is 15.8 Å². The fraction of sp³-hybridized carbons (Fsp3) is 0.381. The van der Waals surface area contributed by atoms with Gasteiger partial charge in [0.05, 0.1) is 31.1 Å². The first-order valence-corrected chi connectivity index (χ1v) is 11.4. The van der Waals surface area contributed by atoms with Gasteiger partial charge in [0, 0.05) is 12.2 Å². The Labute approximate surface area is 170 Å². The summed E-state index contributed by atoms with van der Waals surface area (Å²) in [7, 11) is -3.63. The van der Waals surface area contributed by atoms with Gasteiger partial charge in [0.25, 0.3) is 5.91 Å². The number of halogens is 1. The third-order valence-electron chi connectivity index (χ3n) is 5.69. The smallest absolute Gasteiger partial charge is 0.282 e. The van der Waals surface area contributed by atoms with E-state index in [0.717, 1.165) is 42.1 Å². The SMILES string of the molecule is O=C(C[NH+]1CCN(S(=O)(=O)c2ccc(F)cc2)CC1)N1CCCc2ccccc21. The minimum Gasteiger partial charge on any atom is -0.325 e. The Bertz CT molecular complexity index is 986. The van der Waals surface area contributed by atoms with Crippen LogP contribution in [0.4, 0.5) is 10.1 Å². The van der Waals surface area contributed by atoms with Crippen LogP contribution in [0.2, 0.25) is 0 Å². The summed E-state index contributed by atoms with van der Waals surface area (Å²) in [6.07, 6.45) is 1.95. The lowest BCUT2D eigenvalue weighted by Crippen LogP contribution is -3.15. The van der Waals surface area contributed by atoms with Gasteiger partial charge in [0.15, 0.2) is 6.54 Å². The zero-order chi connectivity index (χ0) is 20.4. The van der Waals surface area contributed by atoms with E-state index >= 15 is 0 Å². The van der Waals surface area contributed by atoms with Gasteiger partial charge in [-0.05, 0) is 48.7 Å². The number of hydrogen-bond acceptors (Lipinski definition) is 3. The number of aryl methyl sites for hydroxylation is 1. The number of benzene rings is 2. The van der Waals surface area contributed by atoms with Gasteiger partial charge in [0.1, 0.15) is 5.82 Å². The number of quaternary nitrogens is 1. The van der Waals surface area contributed by atoms with Gasteiger partial charge in [0.2, 0.25) is 10.0 Å². The number of nitrogens with zero attached hydrogens (tertiary/aromatic N) is 2. The van der Waals surface area contributed by atoms with E-state index in [2.05, 4.69) is 6.07 Å². The molecule has 2 aromatic carbocycles. The Morgan fingerprint density at radius 1 is 1.00 bits per heavy atom. The number of rotatable bonds is 4. The Morgan fingerprint density at radius 2 is 1.69 bits per heavy atom. The lowest BCUT2D eigenvalue weighted by molar-refractivity contribution is -0.895. The summed E-state index contributed by atoms with van der Waals surface area (Å²) in [5.41, 5.74) is 2.21. The topological polar surface area (TPSA) is 62.1 Å². The van der Waals surface area contributed by atoms with Gasteiger partial charge >= 0.3 is 0 Å². The fourth-order valence-electron chi connectivity index (χ4n) is 4.08. The minimum atomic E-state index is -3.63. The quantitative estimate of drug-likeness (QED) is 0.795. The summed E-state index contributed by atoms with van der Waals surface area (Å²) < 4.78 is 40.0. The molecular weight excluding hydrogens is 393 g/mol. The first-order valence-electron chi connectivity index (χ1n) is 9.93. The highest BCUT2D eigenvalue weighted by Crippen LogP contribution is 2.26. The van der Waals surface area contributed by atoms with E-state index in [-0.39, 0.29) is 10.8 Å².